The lowest BCUT2D eigenvalue weighted by Crippen LogP contribution is -2.36. The van der Waals surface area contributed by atoms with E-state index in [4.69, 9.17) is 0 Å². The highest BCUT2D eigenvalue weighted by atomic mass is 127. The van der Waals surface area contributed by atoms with Gasteiger partial charge < -0.3 is 16.0 Å². The van der Waals surface area contributed by atoms with Crippen LogP contribution in [0.5, 0.6) is 0 Å². The van der Waals surface area contributed by atoms with Gasteiger partial charge in [0.15, 0.2) is 5.96 Å². The first-order valence-corrected chi connectivity index (χ1v) is 9.37. The van der Waals surface area contributed by atoms with Crippen molar-refractivity contribution >= 4 is 52.9 Å². The standard InChI is InChI=1S/C19H26N4OS.HI/c1-4-14(2)18(24)23-16-8-5-7-15(11-16)12-21-19(20-3)22-13-17-9-6-10-25-17;/h5-11,14H,4,12-13H2,1-3H3,(H,23,24)(H2,20,21,22);1H. The lowest BCUT2D eigenvalue weighted by molar-refractivity contribution is -0.119. The summed E-state index contributed by atoms with van der Waals surface area (Å²) in [6, 6.07) is 12.0. The van der Waals surface area contributed by atoms with Crippen LogP contribution in [0.25, 0.3) is 0 Å². The van der Waals surface area contributed by atoms with Gasteiger partial charge >= 0.3 is 0 Å². The number of halogens is 1. The molecule has 1 amide bonds. The van der Waals surface area contributed by atoms with Gasteiger partial charge in [-0.1, -0.05) is 32.0 Å². The van der Waals surface area contributed by atoms with Gasteiger partial charge in [-0.3, -0.25) is 9.79 Å². The van der Waals surface area contributed by atoms with Gasteiger partial charge in [-0.15, -0.1) is 35.3 Å². The van der Waals surface area contributed by atoms with Crippen LogP contribution in [-0.4, -0.2) is 18.9 Å². The number of aliphatic imine (C=N–C) groups is 1. The number of carbonyl (C=O) groups excluding carboxylic acids is 1. The second-order valence-corrected chi connectivity index (χ2v) is 6.89. The summed E-state index contributed by atoms with van der Waals surface area (Å²) < 4.78 is 0. The van der Waals surface area contributed by atoms with Gasteiger partial charge in [0.25, 0.3) is 0 Å². The Labute approximate surface area is 176 Å². The van der Waals surface area contributed by atoms with E-state index in [1.54, 1.807) is 18.4 Å². The molecule has 0 bridgehead atoms. The molecule has 5 nitrogen and oxygen atoms in total. The minimum atomic E-state index is 0. The summed E-state index contributed by atoms with van der Waals surface area (Å²) in [5, 5.41) is 11.6. The van der Waals surface area contributed by atoms with Crippen molar-refractivity contribution in [3.63, 3.8) is 0 Å². The van der Waals surface area contributed by atoms with Gasteiger partial charge in [-0.2, -0.15) is 0 Å². The number of nitrogens with one attached hydrogen (secondary N) is 3. The minimum absolute atomic E-state index is 0. The number of hydrogen-bond donors (Lipinski definition) is 3. The summed E-state index contributed by atoms with van der Waals surface area (Å²) in [7, 11) is 1.76. The topological polar surface area (TPSA) is 65.5 Å². The van der Waals surface area contributed by atoms with Crippen LogP contribution in [-0.2, 0) is 17.9 Å². The zero-order chi connectivity index (χ0) is 18.1. The molecule has 2 aromatic rings. The Kier molecular flexibility index (Phi) is 10.3. The molecule has 0 fully saturated rings. The molecule has 1 atom stereocenters. The Balaban J connectivity index is 0.00000338. The third kappa shape index (κ3) is 7.33. The number of amides is 1. The SMILES string of the molecule is CCC(C)C(=O)Nc1cccc(CNC(=NC)NCc2cccs2)c1.I. The van der Waals surface area contributed by atoms with E-state index in [0.717, 1.165) is 30.2 Å². The highest BCUT2D eigenvalue weighted by Crippen LogP contribution is 2.13. The van der Waals surface area contributed by atoms with Crippen molar-refractivity contribution in [3.8, 4) is 0 Å². The number of anilines is 1. The smallest absolute Gasteiger partial charge is 0.227 e. The zero-order valence-corrected chi connectivity index (χ0v) is 18.6. The molecule has 7 heteroatoms. The first-order valence-electron chi connectivity index (χ1n) is 8.49. The largest absolute Gasteiger partial charge is 0.352 e. The molecule has 2 rings (SSSR count). The first-order chi connectivity index (χ1) is 12.1. The highest BCUT2D eigenvalue weighted by Gasteiger charge is 2.10. The molecular weight excluding hydrogens is 459 g/mol. The van der Waals surface area contributed by atoms with Crippen LogP contribution < -0.4 is 16.0 Å². The van der Waals surface area contributed by atoms with E-state index >= 15 is 0 Å². The normalized spacial score (nSPS) is 12.0. The lowest BCUT2D eigenvalue weighted by atomic mass is 10.1. The molecule has 0 spiro atoms. The van der Waals surface area contributed by atoms with Crippen LogP contribution in [0.4, 0.5) is 5.69 Å². The fraction of sp³-hybridized carbons (Fsp3) is 0.368. The quantitative estimate of drug-likeness (QED) is 0.312. The van der Waals surface area contributed by atoms with Crippen LogP contribution in [0.1, 0.15) is 30.7 Å². The summed E-state index contributed by atoms with van der Waals surface area (Å²) >= 11 is 1.72. The van der Waals surface area contributed by atoms with Crippen molar-refractivity contribution < 1.29 is 4.79 Å². The lowest BCUT2D eigenvalue weighted by Gasteiger charge is -2.13. The second kappa shape index (κ2) is 11.9. The van der Waals surface area contributed by atoms with Gasteiger partial charge in [-0.05, 0) is 35.6 Å². The predicted octanol–water partition coefficient (Wildman–Crippen LogP) is 4.22. The van der Waals surface area contributed by atoms with Crippen molar-refractivity contribution in [1.82, 2.24) is 10.6 Å². The van der Waals surface area contributed by atoms with Gasteiger partial charge in [0, 0.05) is 30.1 Å². The van der Waals surface area contributed by atoms with Crippen molar-refractivity contribution in [2.24, 2.45) is 10.9 Å². The summed E-state index contributed by atoms with van der Waals surface area (Å²) in [4.78, 5) is 17.5. The van der Waals surface area contributed by atoms with Crippen molar-refractivity contribution in [2.75, 3.05) is 12.4 Å². The van der Waals surface area contributed by atoms with E-state index < -0.39 is 0 Å². The van der Waals surface area contributed by atoms with Crippen molar-refractivity contribution in [1.29, 1.82) is 0 Å². The summed E-state index contributed by atoms with van der Waals surface area (Å²) in [6.45, 7) is 5.34. The molecule has 0 radical (unpaired) electrons. The van der Waals surface area contributed by atoms with E-state index in [1.807, 2.05) is 44.2 Å². The number of nitrogens with zero attached hydrogens (tertiary/aromatic N) is 1. The van der Waals surface area contributed by atoms with Crippen LogP contribution in [0.15, 0.2) is 46.8 Å². The van der Waals surface area contributed by atoms with E-state index in [2.05, 4.69) is 32.4 Å². The van der Waals surface area contributed by atoms with E-state index in [9.17, 15) is 4.79 Å². The molecule has 3 N–H and O–H groups in total. The average molecular weight is 486 g/mol. The molecule has 0 aliphatic heterocycles. The maximum Gasteiger partial charge on any atom is 0.227 e. The second-order valence-electron chi connectivity index (χ2n) is 5.86. The number of hydrogen-bond acceptors (Lipinski definition) is 3. The monoisotopic (exact) mass is 486 g/mol. The zero-order valence-electron chi connectivity index (χ0n) is 15.4. The fourth-order valence-electron chi connectivity index (χ4n) is 2.20. The third-order valence-corrected chi connectivity index (χ3v) is 4.82. The van der Waals surface area contributed by atoms with Crippen LogP contribution in [0, 0.1) is 5.92 Å². The van der Waals surface area contributed by atoms with Gasteiger partial charge in [0.2, 0.25) is 5.91 Å². The van der Waals surface area contributed by atoms with Crippen LogP contribution >= 0.6 is 35.3 Å². The van der Waals surface area contributed by atoms with Crippen molar-refractivity contribution in [3.05, 3.63) is 52.2 Å². The van der Waals surface area contributed by atoms with Gasteiger partial charge in [0.1, 0.15) is 0 Å². The Morgan fingerprint density at radius 3 is 2.62 bits per heavy atom. The molecule has 1 heterocycles. The van der Waals surface area contributed by atoms with E-state index in [1.165, 1.54) is 4.88 Å². The third-order valence-electron chi connectivity index (χ3n) is 3.95. The average Bonchev–Trinajstić information content (AvgIpc) is 3.15. The van der Waals surface area contributed by atoms with Crippen molar-refractivity contribution in [2.45, 2.75) is 33.4 Å². The molecule has 0 aliphatic rings. The molecule has 0 saturated carbocycles. The molecule has 0 saturated heterocycles. The molecule has 26 heavy (non-hydrogen) atoms. The number of guanidine groups is 1. The first kappa shape index (κ1) is 22.4. The number of carbonyl (C=O) groups is 1. The molecule has 1 unspecified atom stereocenters. The van der Waals surface area contributed by atoms with Gasteiger partial charge in [-0.25, -0.2) is 0 Å². The number of thiophene rings is 1. The maximum absolute atomic E-state index is 12.0. The minimum Gasteiger partial charge on any atom is -0.352 e. The Morgan fingerprint density at radius 2 is 1.96 bits per heavy atom. The van der Waals surface area contributed by atoms with Crippen LogP contribution in [0.2, 0.25) is 0 Å². The maximum atomic E-state index is 12.0. The van der Waals surface area contributed by atoms with E-state index in [-0.39, 0.29) is 35.8 Å². The summed E-state index contributed by atoms with van der Waals surface area (Å²) in [6.07, 6.45) is 0.833. The van der Waals surface area contributed by atoms with E-state index in [0.29, 0.717) is 6.54 Å². The Morgan fingerprint density at radius 1 is 1.19 bits per heavy atom. The Hall–Kier alpha value is -1.61. The summed E-state index contributed by atoms with van der Waals surface area (Å²) in [5.41, 5.74) is 1.91. The molecular formula is C19H27IN4OS. The molecule has 1 aromatic heterocycles. The fourth-order valence-corrected chi connectivity index (χ4v) is 2.84. The molecule has 0 aliphatic carbocycles. The number of rotatable bonds is 7. The summed E-state index contributed by atoms with van der Waals surface area (Å²) in [5.74, 6) is 0.825. The number of benzene rings is 1. The predicted molar refractivity (Wildman–Crippen MR) is 121 cm³/mol. The molecule has 142 valence electrons. The molecule has 1 aromatic carbocycles. The van der Waals surface area contributed by atoms with Gasteiger partial charge in [0.05, 0.1) is 6.54 Å². The highest BCUT2D eigenvalue weighted by molar-refractivity contribution is 14.0. The Bertz CT molecular complexity index is 703. The van der Waals surface area contributed by atoms with Crippen LogP contribution in [0.3, 0.4) is 0 Å².